The molecule has 0 fully saturated rings. The first-order valence-corrected chi connectivity index (χ1v) is 7.87. The lowest BCUT2D eigenvalue weighted by Gasteiger charge is -2.10. The van der Waals surface area contributed by atoms with E-state index in [2.05, 4.69) is 15.0 Å². The highest BCUT2D eigenvalue weighted by Gasteiger charge is 2.31. The van der Waals surface area contributed by atoms with Gasteiger partial charge in [-0.3, -0.25) is 14.5 Å². The van der Waals surface area contributed by atoms with Crippen LogP contribution < -0.4 is 0 Å². The van der Waals surface area contributed by atoms with E-state index in [9.17, 15) is 13.2 Å². The Morgan fingerprint density at radius 1 is 0.962 bits per heavy atom. The van der Waals surface area contributed by atoms with Gasteiger partial charge in [0.25, 0.3) is 0 Å². The van der Waals surface area contributed by atoms with Crippen molar-refractivity contribution in [3.05, 3.63) is 72.2 Å². The summed E-state index contributed by atoms with van der Waals surface area (Å²) in [5, 5.41) is 0. The number of alkyl halides is 3. The van der Waals surface area contributed by atoms with Gasteiger partial charge in [0.2, 0.25) is 0 Å². The van der Waals surface area contributed by atoms with Crippen LogP contribution in [0.5, 0.6) is 0 Å². The van der Waals surface area contributed by atoms with Crippen LogP contribution in [0.3, 0.4) is 0 Å². The summed E-state index contributed by atoms with van der Waals surface area (Å²) < 4.78 is 40.9. The molecule has 7 heteroatoms. The molecule has 0 aliphatic heterocycles. The van der Waals surface area contributed by atoms with Gasteiger partial charge in [0.05, 0.1) is 28.5 Å². The van der Waals surface area contributed by atoms with Crippen LogP contribution in [0.2, 0.25) is 0 Å². The minimum Gasteiger partial charge on any atom is -0.289 e. The molecule has 130 valence electrons. The van der Waals surface area contributed by atoms with Crippen LogP contribution in [-0.2, 0) is 6.18 Å². The van der Waals surface area contributed by atoms with Crippen molar-refractivity contribution < 1.29 is 13.2 Å². The molecule has 3 aromatic heterocycles. The quantitative estimate of drug-likeness (QED) is 0.519. The maximum Gasteiger partial charge on any atom is 0.416 e. The second-order valence-corrected chi connectivity index (χ2v) is 5.84. The number of nitrogens with zero attached hydrogens (tertiary/aromatic N) is 4. The lowest BCUT2D eigenvalue weighted by Crippen LogP contribution is -2.04. The van der Waals surface area contributed by atoms with Gasteiger partial charge in [-0.15, -0.1) is 0 Å². The van der Waals surface area contributed by atoms with Crippen molar-refractivity contribution >= 4 is 11.0 Å². The van der Waals surface area contributed by atoms with Gasteiger partial charge < -0.3 is 0 Å². The number of halogens is 3. The Kier molecular flexibility index (Phi) is 3.72. The van der Waals surface area contributed by atoms with Gasteiger partial charge in [-0.1, -0.05) is 6.07 Å². The third-order valence-corrected chi connectivity index (χ3v) is 4.03. The summed E-state index contributed by atoms with van der Waals surface area (Å²) in [6, 6.07) is 12.6. The fourth-order valence-corrected chi connectivity index (χ4v) is 2.78. The third-order valence-electron chi connectivity index (χ3n) is 4.03. The molecule has 0 aliphatic carbocycles. The Balaban J connectivity index is 2.01. The van der Waals surface area contributed by atoms with Gasteiger partial charge in [0, 0.05) is 11.9 Å². The van der Waals surface area contributed by atoms with Crippen molar-refractivity contribution in [2.24, 2.45) is 0 Å². The molecule has 26 heavy (non-hydrogen) atoms. The molecular weight excluding hydrogens is 341 g/mol. The van der Waals surface area contributed by atoms with Crippen molar-refractivity contribution in [1.29, 1.82) is 0 Å². The molecule has 0 amide bonds. The number of hydrogen-bond acceptors (Lipinski definition) is 3. The average molecular weight is 354 g/mol. The van der Waals surface area contributed by atoms with E-state index >= 15 is 0 Å². The monoisotopic (exact) mass is 354 g/mol. The third kappa shape index (κ3) is 2.81. The van der Waals surface area contributed by atoms with E-state index in [4.69, 9.17) is 0 Å². The summed E-state index contributed by atoms with van der Waals surface area (Å²) in [6.45, 7) is 1.87. The number of aromatic nitrogens is 4. The van der Waals surface area contributed by atoms with E-state index in [1.807, 2.05) is 19.1 Å². The first-order valence-electron chi connectivity index (χ1n) is 7.87. The molecule has 0 unspecified atom stereocenters. The van der Waals surface area contributed by atoms with E-state index in [1.165, 1.54) is 6.07 Å². The zero-order valence-corrected chi connectivity index (χ0v) is 13.7. The molecule has 0 spiro atoms. The number of hydrogen-bond donors (Lipinski definition) is 0. The highest BCUT2D eigenvalue weighted by atomic mass is 19.4. The van der Waals surface area contributed by atoms with Gasteiger partial charge >= 0.3 is 6.18 Å². The molecular formula is C19H13F3N4. The predicted octanol–water partition coefficient (Wildman–Crippen LogP) is 4.81. The second kappa shape index (κ2) is 5.94. The number of fused-ring (bicyclic) bond motifs is 1. The Morgan fingerprint density at radius 3 is 2.46 bits per heavy atom. The highest BCUT2D eigenvalue weighted by molar-refractivity contribution is 5.83. The largest absolute Gasteiger partial charge is 0.416 e. The highest BCUT2D eigenvalue weighted by Crippen LogP contribution is 2.33. The summed E-state index contributed by atoms with van der Waals surface area (Å²) >= 11 is 0. The fraction of sp³-hybridized carbons (Fsp3) is 0.105. The Morgan fingerprint density at radius 2 is 1.81 bits per heavy atom. The molecule has 4 nitrogen and oxygen atoms in total. The fourth-order valence-electron chi connectivity index (χ4n) is 2.78. The van der Waals surface area contributed by atoms with Gasteiger partial charge in [0.15, 0.2) is 5.82 Å². The van der Waals surface area contributed by atoms with Crippen molar-refractivity contribution in [3.63, 3.8) is 0 Å². The molecule has 1 aromatic carbocycles. The molecule has 4 aromatic rings. The van der Waals surface area contributed by atoms with Crippen LogP contribution in [0, 0.1) is 6.92 Å². The summed E-state index contributed by atoms with van der Waals surface area (Å²) in [5.74, 6) is 0.463. The van der Waals surface area contributed by atoms with Crippen molar-refractivity contribution in [1.82, 2.24) is 19.5 Å². The number of benzene rings is 1. The maximum atomic E-state index is 13.1. The van der Waals surface area contributed by atoms with E-state index in [0.717, 1.165) is 17.8 Å². The molecule has 0 radical (unpaired) electrons. The van der Waals surface area contributed by atoms with Crippen molar-refractivity contribution in [3.8, 4) is 17.2 Å². The predicted molar refractivity (Wildman–Crippen MR) is 91.8 cm³/mol. The number of rotatable bonds is 2. The maximum absolute atomic E-state index is 13.1. The van der Waals surface area contributed by atoms with Gasteiger partial charge in [0.1, 0.15) is 5.69 Å². The SMILES string of the molecule is Cc1ccc(-n2c(-c3ccccn3)nc3cc(C(F)(F)F)ccc32)cn1. The zero-order chi connectivity index (χ0) is 18.3. The number of imidazole rings is 1. The Hall–Kier alpha value is -3.22. The molecule has 0 bridgehead atoms. The normalized spacial score (nSPS) is 11.8. The summed E-state index contributed by atoms with van der Waals surface area (Å²) in [4.78, 5) is 13.0. The van der Waals surface area contributed by atoms with E-state index in [1.54, 1.807) is 35.2 Å². The van der Waals surface area contributed by atoms with Crippen LogP contribution in [0.4, 0.5) is 13.2 Å². The standard InChI is InChI=1S/C19H13F3N4/c1-12-5-7-14(11-24-12)26-17-8-6-13(19(20,21)22)10-16(17)25-18(26)15-4-2-3-9-23-15/h2-11H,1H3. The smallest absolute Gasteiger partial charge is 0.289 e. The lowest BCUT2D eigenvalue weighted by atomic mass is 10.2. The molecule has 0 N–H and O–H groups in total. The van der Waals surface area contributed by atoms with E-state index in [0.29, 0.717) is 22.7 Å². The van der Waals surface area contributed by atoms with Crippen LogP contribution in [0.1, 0.15) is 11.3 Å². The van der Waals surface area contributed by atoms with Crippen LogP contribution in [0.15, 0.2) is 60.9 Å². The minimum absolute atomic E-state index is 0.251. The van der Waals surface area contributed by atoms with E-state index < -0.39 is 11.7 Å². The van der Waals surface area contributed by atoms with Crippen LogP contribution >= 0.6 is 0 Å². The van der Waals surface area contributed by atoms with Gasteiger partial charge in [-0.2, -0.15) is 13.2 Å². The van der Waals surface area contributed by atoms with Crippen LogP contribution in [-0.4, -0.2) is 19.5 Å². The topological polar surface area (TPSA) is 43.6 Å². The second-order valence-electron chi connectivity index (χ2n) is 5.84. The Labute approximate surface area is 147 Å². The molecule has 0 atom stereocenters. The molecule has 0 saturated heterocycles. The number of aryl methyl sites for hydroxylation is 1. The Bertz CT molecular complexity index is 1070. The average Bonchev–Trinajstić information content (AvgIpc) is 3.01. The van der Waals surface area contributed by atoms with Crippen molar-refractivity contribution in [2.75, 3.05) is 0 Å². The summed E-state index contributed by atoms with van der Waals surface area (Å²) in [5.41, 5.74) is 2.20. The van der Waals surface area contributed by atoms with E-state index in [-0.39, 0.29) is 5.52 Å². The summed E-state index contributed by atoms with van der Waals surface area (Å²) in [6.07, 6.45) is -1.14. The zero-order valence-electron chi connectivity index (χ0n) is 13.7. The number of pyridine rings is 2. The molecule has 0 saturated carbocycles. The molecule has 3 heterocycles. The first kappa shape index (κ1) is 16.3. The summed E-state index contributed by atoms with van der Waals surface area (Å²) in [7, 11) is 0. The van der Waals surface area contributed by atoms with Gasteiger partial charge in [-0.25, -0.2) is 4.98 Å². The first-order chi connectivity index (χ1) is 12.4. The van der Waals surface area contributed by atoms with Crippen molar-refractivity contribution in [2.45, 2.75) is 13.1 Å². The van der Waals surface area contributed by atoms with Gasteiger partial charge in [-0.05, 0) is 49.4 Å². The minimum atomic E-state index is -4.42. The molecule has 0 aliphatic rings. The lowest BCUT2D eigenvalue weighted by molar-refractivity contribution is -0.137. The van der Waals surface area contributed by atoms with Crippen LogP contribution in [0.25, 0.3) is 28.2 Å². The molecule has 4 rings (SSSR count).